The summed E-state index contributed by atoms with van der Waals surface area (Å²) in [6, 6.07) is 11.6. The molecule has 0 N–H and O–H groups in total. The lowest BCUT2D eigenvalue weighted by atomic mass is 10.1. The number of ether oxygens (including phenoxy) is 1. The van der Waals surface area contributed by atoms with Crippen molar-refractivity contribution >= 4 is 5.69 Å². The average Bonchev–Trinajstić information content (AvgIpc) is 2.37. The van der Waals surface area contributed by atoms with E-state index < -0.39 is 4.92 Å². The fraction of sp³-hybridized carbons (Fsp3) is 0.133. The van der Waals surface area contributed by atoms with Gasteiger partial charge in [-0.1, -0.05) is 6.07 Å². The van der Waals surface area contributed by atoms with E-state index in [9.17, 15) is 10.1 Å². The fourth-order valence-electron chi connectivity index (χ4n) is 1.93. The van der Waals surface area contributed by atoms with Crippen molar-refractivity contribution in [2.75, 3.05) is 0 Å². The number of benzene rings is 2. The van der Waals surface area contributed by atoms with Crippen LogP contribution in [0, 0.1) is 35.3 Å². The van der Waals surface area contributed by atoms with E-state index in [4.69, 9.17) is 10.00 Å². The number of rotatable bonds is 3. The van der Waals surface area contributed by atoms with Crippen molar-refractivity contribution in [1.29, 1.82) is 5.26 Å². The minimum absolute atomic E-state index is 0.124. The van der Waals surface area contributed by atoms with Crippen molar-refractivity contribution in [1.82, 2.24) is 0 Å². The molecule has 0 aromatic heterocycles. The van der Waals surface area contributed by atoms with E-state index in [2.05, 4.69) is 0 Å². The Bertz CT molecular complexity index is 697. The van der Waals surface area contributed by atoms with E-state index >= 15 is 0 Å². The van der Waals surface area contributed by atoms with E-state index in [0.717, 1.165) is 11.1 Å². The number of nitro benzene ring substituents is 1. The first kappa shape index (κ1) is 13.6. The van der Waals surface area contributed by atoms with Gasteiger partial charge in [0.15, 0.2) is 0 Å². The predicted octanol–water partition coefficient (Wildman–Crippen LogP) is 3.88. The molecular weight excluding hydrogens is 256 g/mol. The average molecular weight is 268 g/mol. The van der Waals surface area contributed by atoms with Crippen molar-refractivity contribution in [2.24, 2.45) is 0 Å². The molecule has 0 fully saturated rings. The second-order valence-electron chi connectivity index (χ2n) is 4.48. The summed E-state index contributed by atoms with van der Waals surface area (Å²) in [5.74, 6) is 0.661. The molecule has 0 saturated heterocycles. The Morgan fingerprint density at radius 1 is 1.15 bits per heavy atom. The van der Waals surface area contributed by atoms with Gasteiger partial charge in [-0.2, -0.15) is 5.26 Å². The third-order valence-corrected chi connectivity index (χ3v) is 2.71. The first-order valence-corrected chi connectivity index (χ1v) is 5.94. The summed E-state index contributed by atoms with van der Waals surface area (Å²) >= 11 is 0. The zero-order chi connectivity index (χ0) is 14.7. The van der Waals surface area contributed by atoms with E-state index in [0.29, 0.717) is 5.75 Å². The minimum Gasteiger partial charge on any atom is -0.450 e. The van der Waals surface area contributed by atoms with Crippen molar-refractivity contribution in [3.05, 3.63) is 63.2 Å². The number of nitrogens with zero attached hydrogens (tertiary/aromatic N) is 2. The molecule has 5 nitrogen and oxygen atoms in total. The van der Waals surface area contributed by atoms with Gasteiger partial charge in [0.05, 0.1) is 16.6 Å². The quantitative estimate of drug-likeness (QED) is 0.625. The lowest BCUT2D eigenvalue weighted by Gasteiger charge is -2.08. The first-order valence-electron chi connectivity index (χ1n) is 5.94. The molecule has 2 aromatic carbocycles. The highest BCUT2D eigenvalue weighted by atomic mass is 16.6. The number of nitro groups is 1. The Hall–Kier alpha value is -2.87. The summed E-state index contributed by atoms with van der Waals surface area (Å²) in [5.41, 5.74) is 2.03. The van der Waals surface area contributed by atoms with E-state index in [1.807, 2.05) is 26.0 Å². The van der Waals surface area contributed by atoms with E-state index in [-0.39, 0.29) is 17.0 Å². The second-order valence-corrected chi connectivity index (χ2v) is 4.48. The molecule has 0 heterocycles. The normalized spacial score (nSPS) is 9.85. The molecule has 0 atom stereocenters. The lowest BCUT2D eigenvalue weighted by molar-refractivity contribution is -0.385. The zero-order valence-corrected chi connectivity index (χ0v) is 11.1. The molecule has 0 aliphatic heterocycles. The second kappa shape index (κ2) is 5.41. The van der Waals surface area contributed by atoms with Gasteiger partial charge in [-0.05, 0) is 49.2 Å². The maximum absolute atomic E-state index is 11.0. The summed E-state index contributed by atoms with van der Waals surface area (Å²) in [6.45, 7) is 3.85. The Morgan fingerprint density at radius 2 is 1.80 bits per heavy atom. The molecule has 0 amide bonds. The van der Waals surface area contributed by atoms with Gasteiger partial charge in [-0.3, -0.25) is 10.1 Å². The van der Waals surface area contributed by atoms with Crippen LogP contribution in [0.2, 0.25) is 0 Å². The minimum atomic E-state index is -0.557. The maximum Gasteiger partial charge on any atom is 0.312 e. The summed E-state index contributed by atoms with van der Waals surface area (Å²) in [7, 11) is 0. The Balaban J connectivity index is 2.43. The van der Waals surface area contributed by atoms with Crippen LogP contribution < -0.4 is 4.74 Å². The highest BCUT2D eigenvalue weighted by molar-refractivity contribution is 5.53. The standard InChI is InChI=1S/C15H12N2O3/c1-10-5-11(2)7-13(6-10)20-15-4-3-12(9-16)8-14(15)17(18)19/h3-8H,1-2H3. The van der Waals surface area contributed by atoms with Crippen LogP contribution >= 0.6 is 0 Å². The highest BCUT2D eigenvalue weighted by Crippen LogP contribution is 2.32. The summed E-state index contributed by atoms with van der Waals surface area (Å²) in [6.07, 6.45) is 0. The van der Waals surface area contributed by atoms with Crippen LogP contribution in [0.25, 0.3) is 0 Å². The van der Waals surface area contributed by atoms with Crippen LogP contribution in [-0.2, 0) is 0 Å². The zero-order valence-electron chi connectivity index (χ0n) is 11.1. The number of hydrogen-bond acceptors (Lipinski definition) is 4. The first-order chi connectivity index (χ1) is 9.49. The van der Waals surface area contributed by atoms with Gasteiger partial charge >= 0.3 is 5.69 Å². The summed E-state index contributed by atoms with van der Waals surface area (Å²) < 4.78 is 5.58. The molecule has 0 unspecified atom stereocenters. The van der Waals surface area contributed by atoms with E-state index in [1.54, 1.807) is 12.1 Å². The molecule has 0 bridgehead atoms. The fourth-order valence-corrected chi connectivity index (χ4v) is 1.93. The smallest absolute Gasteiger partial charge is 0.312 e. The van der Waals surface area contributed by atoms with Crippen LogP contribution in [0.15, 0.2) is 36.4 Å². The Morgan fingerprint density at radius 3 is 2.35 bits per heavy atom. The third kappa shape index (κ3) is 2.93. The van der Waals surface area contributed by atoms with E-state index in [1.165, 1.54) is 18.2 Å². The predicted molar refractivity (Wildman–Crippen MR) is 73.8 cm³/mol. The van der Waals surface area contributed by atoms with Crippen LogP contribution in [-0.4, -0.2) is 4.92 Å². The van der Waals surface area contributed by atoms with Crippen LogP contribution in [0.1, 0.15) is 16.7 Å². The number of aryl methyl sites for hydroxylation is 2. The van der Waals surface area contributed by atoms with Gasteiger partial charge in [0.2, 0.25) is 5.75 Å². The molecule has 0 aliphatic rings. The van der Waals surface area contributed by atoms with Gasteiger partial charge in [-0.15, -0.1) is 0 Å². The van der Waals surface area contributed by atoms with Gasteiger partial charge in [0.25, 0.3) is 0 Å². The summed E-state index contributed by atoms with van der Waals surface area (Å²) in [5, 5.41) is 19.8. The van der Waals surface area contributed by atoms with Crippen molar-refractivity contribution in [3.8, 4) is 17.6 Å². The van der Waals surface area contributed by atoms with Crippen LogP contribution in [0.4, 0.5) is 5.69 Å². The van der Waals surface area contributed by atoms with Gasteiger partial charge in [0, 0.05) is 6.07 Å². The number of nitriles is 1. The van der Waals surface area contributed by atoms with Gasteiger partial charge in [0.1, 0.15) is 5.75 Å². The number of hydrogen-bond donors (Lipinski definition) is 0. The third-order valence-electron chi connectivity index (χ3n) is 2.71. The molecule has 0 saturated carbocycles. The van der Waals surface area contributed by atoms with Crippen molar-refractivity contribution in [3.63, 3.8) is 0 Å². The van der Waals surface area contributed by atoms with Crippen LogP contribution in [0.3, 0.4) is 0 Å². The molecule has 5 heteroatoms. The van der Waals surface area contributed by atoms with Crippen LogP contribution in [0.5, 0.6) is 11.5 Å². The topological polar surface area (TPSA) is 76.2 Å². The monoisotopic (exact) mass is 268 g/mol. The molecule has 0 radical (unpaired) electrons. The SMILES string of the molecule is Cc1cc(C)cc(Oc2ccc(C#N)cc2[N+](=O)[O-])c1. The lowest BCUT2D eigenvalue weighted by Crippen LogP contribution is -1.95. The molecule has 2 rings (SSSR count). The Kier molecular flexibility index (Phi) is 3.67. The van der Waals surface area contributed by atoms with Crippen molar-refractivity contribution in [2.45, 2.75) is 13.8 Å². The molecule has 2 aromatic rings. The van der Waals surface area contributed by atoms with Crippen molar-refractivity contribution < 1.29 is 9.66 Å². The van der Waals surface area contributed by atoms with Gasteiger partial charge in [-0.25, -0.2) is 0 Å². The molecule has 0 spiro atoms. The molecular formula is C15H12N2O3. The Labute approximate surface area is 116 Å². The molecule has 100 valence electrons. The largest absolute Gasteiger partial charge is 0.450 e. The molecule has 0 aliphatic carbocycles. The molecule has 20 heavy (non-hydrogen) atoms. The maximum atomic E-state index is 11.0. The van der Waals surface area contributed by atoms with Gasteiger partial charge < -0.3 is 4.74 Å². The highest BCUT2D eigenvalue weighted by Gasteiger charge is 2.17. The summed E-state index contributed by atoms with van der Waals surface area (Å²) in [4.78, 5) is 10.5.